The van der Waals surface area contributed by atoms with Crippen molar-refractivity contribution in [2.75, 3.05) is 14.2 Å². The third kappa shape index (κ3) is 4.11. The van der Waals surface area contributed by atoms with Crippen LogP contribution >= 0.6 is 0 Å². The maximum absolute atomic E-state index is 12.7. The van der Waals surface area contributed by atoms with Gasteiger partial charge in [0.2, 0.25) is 5.91 Å². The van der Waals surface area contributed by atoms with Crippen LogP contribution < -0.4 is 10.5 Å². The fourth-order valence-corrected chi connectivity index (χ4v) is 2.63. The molecule has 2 atom stereocenters. The standard InChI is InChI=1S/C19H24N2O2/c1-14(18(20)15-9-5-4-6-10-15)19(22)21(2)13-16-11-7-8-12-17(16)23-3/h4-12,14,18H,13,20H2,1-3H3. The topological polar surface area (TPSA) is 55.6 Å². The van der Waals surface area contributed by atoms with E-state index in [1.165, 1.54) is 0 Å². The smallest absolute Gasteiger partial charge is 0.227 e. The van der Waals surface area contributed by atoms with Gasteiger partial charge in [0.15, 0.2) is 0 Å². The average molecular weight is 312 g/mol. The van der Waals surface area contributed by atoms with E-state index in [2.05, 4.69) is 0 Å². The van der Waals surface area contributed by atoms with Gasteiger partial charge in [0.1, 0.15) is 5.75 Å². The Hall–Kier alpha value is -2.33. The number of carbonyl (C=O) groups excluding carboxylic acids is 1. The Balaban J connectivity index is 2.07. The van der Waals surface area contributed by atoms with Gasteiger partial charge in [0.25, 0.3) is 0 Å². The van der Waals surface area contributed by atoms with Crippen LogP contribution in [0.2, 0.25) is 0 Å². The summed E-state index contributed by atoms with van der Waals surface area (Å²) in [5.74, 6) is 0.511. The van der Waals surface area contributed by atoms with Crippen LogP contribution in [0.25, 0.3) is 0 Å². The molecule has 0 aliphatic rings. The van der Waals surface area contributed by atoms with E-state index in [1.54, 1.807) is 19.1 Å². The summed E-state index contributed by atoms with van der Waals surface area (Å²) >= 11 is 0. The number of benzene rings is 2. The second kappa shape index (κ2) is 7.79. The van der Waals surface area contributed by atoms with Crippen LogP contribution in [0.15, 0.2) is 54.6 Å². The molecular formula is C19H24N2O2. The van der Waals surface area contributed by atoms with Crippen molar-refractivity contribution in [3.8, 4) is 5.75 Å². The van der Waals surface area contributed by atoms with Crippen LogP contribution in [0, 0.1) is 5.92 Å². The van der Waals surface area contributed by atoms with E-state index in [4.69, 9.17) is 10.5 Å². The predicted molar refractivity (Wildman–Crippen MR) is 92.0 cm³/mol. The van der Waals surface area contributed by atoms with Crippen LogP contribution in [0.3, 0.4) is 0 Å². The summed E-state index contributed by atoms with van der Waals surface area (Å²) in [4.78, 5) is 14.4. The van der Waals surface area contributed by atoms with E-state index in [9.17, 15) is 4.79 Å². The third-order valence-corrected chi connectivity index (χ3v) is 4.09. The highest BCUT2D eigenvalue weighted by atomic mass is 16.5. The normalized spacial score (nSPS) is 13.2. The summed E-state index contributed by atoms with van der Waals surface area (Å²) in [6.07, 6.45) is 0. The van der Waals surface area contributed by atoms with E-state index in [1.807, 2.05) is 61.5 Å². The Kier molecular flexibility index (Phi) is 5.77. The lowest BCUT2D eigenvalue weighted by molar-refractivity contribution is -0.134. The maximum atomic E-state index is 12.7. The zero-order chi connectivity index (χ0) is 16.8. The molecule has 0 heterocycles. The molecule has 2 aromatic rings. The van der Waals surface area contributed by atoms with Gasteiger partial charge in [-0.05, 0) is 11.6 Å². The summed E-state index contributed by atoms with van der Waals surface area (Å²) in [6, 6.07) is 17.1. The Morgan fingerprint density at radius 1 is 1.13 bits per heavy atom. The third-order valence-electron chi connectivity index (χ3n) is 4.09. The van der Waals surface area contributed by atoms with Crippen LogP contribution in [0.4, 0.5) is 0 Å². The molecule has 2 aromatic carbocycles. The first-order chi connectivity index (χ1) is 11.0. The molecule has 122 valence electrons. The molecule has 0 radical (unpaired) electrons. The van der Waals surface area contributed by atoms with Crippen molar-refractivity contribution < 1.29 is 9.53 Å². The first kappa shape index (κ1) is 17.0. The van der Waals surface area contributed by atoms with Crippen molar-refractivity contribution in [1.29, 1.82) is 0 Å². The van der Waals surface area contributed by atoms with Gasteiger partial charge in [0, 0.05) is 25.2 Å². The molecule has 23 heavy (non-hydrogen) atoms. The predicted octanol–water partition coefficient (Wildman–Crippen LogP) is 2.99. The Labute approximate surface area is 137 Å². The van der Waals surface area contributed by atoms with Crippen molar-refractivity contribution in [3.63, 3.8) is 0 Å². The van der Waals surface area contributed by atoms with Gasteiger partial charge in [-0.2, -0.15) is 0 Å². The highest BCUT2D eigenvalue weighted by Crippen LogP contribution is 2.23. The maximum Gasteiger partial charge on any atom is 0.227 e. The monoisotopic (exact) mass is 312 g/mol. The Bertz CT molecular complexity index is 643. The number of amides is 1. The zero-order valence-electron chi connectivity index (χ0n) is 13.9. The second-order valence-electron chi connectivity index (χ2n) is 5.73. The highest BCUT2D eigenvalue weighted by Gasteiger charge is 2.25. The molecule has 0 fully saturated rings. The van der Waals surface area contributed by atoms with Gasteiger partial charge in [-0.3, -0.25) is 4.79 Å². The first-order valence-corrected chi connectivity index (χ1v) is 7.72. The van der Waals surface area contributed by atoms with E-state index < -0.39 is 0 Å². The van der Waals surface area contributed by atoms with Crippen LogP contribution in [-0.2, 0) is 11.3 Å². The quantitative estimate of drug-likeness (QED) is 0.892. The molecule has 0 saturated heterocycles. The van der Waals surface area contributed by atoms with Crippen LogP contribution in [-0.4, -0.2) is 25.0 Å². The van der Waals surface area contributed by atoms with Gasteiger partial charge >= 0.3 is 0 Å². The molecule has 2 rings (SSSR count). The van der Waals surface area contributed by atoms with Crippen molar-refractivity contribution in [2.45, 2.75) is 19.5 Å². The number of ether oxygens (including phenoxy) is 1. The van der Waals surface area contributed by atoms with E-state index in [-0.39, 0.29) is 17.9 Å². The minimum atomic E-state index is -0.316. The molecule has 0 saturated carbocycles. The summed E-state index contributed by atoms with van der Waals surface area (Å²) in [7, 11) is 3.43. The van der Waals surface area contributed by atoms with E-state index in [0.29, 0.717) is 6.54 Å². The molecule has 4 nitrogen and oxygen atoms in total. The zero-order valence-corrected chi connectivity index (χ0v) is 13.9. The Morgan fingerprint density at radius 3 is 2.39 bits per heavy atom. The van der Waals surface area contributed by atoms with Crippen molar-refractivity contribution >= 4 is 5.91 Å². The van der Waals surface area contributed by atoms with Crippen molar-refractivity contribution in [1.82, 2.24) is 4.90 Å². The number of rotatable bonds is 6. The number of hydrogen-bond acceptors (Lipinski definition) is 3. The number of nitrogens with zero attached hydrogens (tertiary/aromatic N) is 1. The summed E-state index contributed by atoms with van der Waals surface area (Å²) in [6.45, 7) is 2.37. The molecule has 0 aromatic heterocycles. The molecule has 4 heteroatoms. The number of para-hydroxylation sites is 1. The van der Waals surface area contributed by atoms with Crippen LogP contribution in [0.1, 0.15) is 24.1 Å². The van der Waals surface area contributed by atoms with Gasteiger partial charge in [-0.1, -0.05) is 55.5 Å². The fraction of sp³-hybridized carbons (Fsp3) is 0.316. The van der Waals surface area contributed by atoms with E-state index in [0.717, 1.165) is 16.9 Å². The molecule has 2 unspecified atom stereocenters. The first-order valence-electron chi connectivity index (χ1n) is 7.72. The van der Waals surface area contributed by atoms with Crippen molar-refractivity contribution in [2.24, 2.45) is 11.7 Å². The van der Waals surface area contributed by atoms with Crippen LogP contribution in [0.5, 0.6) is 5.75 Å². The lowest BCUT2D eigenvalue weighted by Gasteiger charge is -2.26. The largest absolute Gasteiger partial charge is 0.496 e. The summed E-state index contributed by atoms with van der Waals surface area (Å²) in [5.41, 5.74) is 8.20. The van der Waals surface area contributed by atoms with Gasteiger partial charge in [-0.25, -0.2) is 0 Å². The minimum absolute atomic E-state index is 0.0206. The summed E-state index contributed by atoms with van der Waals surface area (Å²) in [5, 5.41) is 0. The van der Waals surface area contributed by atoms with Gasteiger partial charge in [0.05, 0.1) is 13.0 Å². The SMILES string of the molecule is COc1ccccc1CN(C)C(=O)C(C)C(N)c1ccccc1. The molecule has 0 aliphatic carbocycles. The molecular weight excluding hydrogens is 288 g/mol. The molecule has 0 aliphatic heterocycles. The molecule has 0 bridgehead atoms. The lowest BCUT2D eigenvalue weighted by Crippen LogP contribution is -2.36. The number of hydrogen-bond donors (Lipinski definition) is 1. The molecule has 1 amide bonds. The molecule has 0 spiro atoms. The fourth-order valence-electron chi connectivity index (χ4n) is 2.63. The minimum Gasteiger partial charge on any atom is -0.496 e. The van der Waals surface area contributed by atoms with Crippen molar-refractivity contribution in [3.05, 3.63) is 65.7 Å². The lowest BCUT2D eigenvalue weighted by atomic mass is 9.94. The summed E-state index contributed by atoms with van der Waals surface area (Å²) < 4.78 is 5.34. The molecule has 2 N–H and O–H groups in total. The van der Waals surface area contributed by atoms with Gasteiger partial charge in [-0.15, -0.1) is 0 Å². The number of carbonyl (C=O) groups is 1. The van der Waals surface area contributed by atoms with Gasteiger partial charge < -0.3 is 15.4 Å². The average Bonchev–Trinajstić information content (AvgIpc) is 2.61. The number of nitrogens with two attached hydrogens (primary N) is 1. The van der Waals surface area contributed by atoms with E-state index >= 15 is 0 Å². The second-order valence-corrected chi connectivity index (χ2v) is 5.73. The highest BCUT2D eigenvalue weighted by molar-refractivity contribution is 5.79. The Morgan fingerprint density at radius 2 is 1.74 bits per heavy atom. The number of methoxy groups -OCH3 is 1.